The van der Waals surface area contributed by atoms with E-state index in [1.54, 1.807) is 17.0 Å². The third-order valence-electron chi connectivity index (χ3n) is 5.79. The maximum atomic E-state index is 12.8. The molecule has 168 valence electrons. The molecule has 2 N–H and O–H groups in total. The zero-order valence-electron chi connectivity index (χ0n) is 18.4. The number of carbonyl (C=O) groups is 2. The molecule has 1 amide bonds. The number of likely N-dealkylation sites (tertiary alicyclic amines) is 1. The number of nitrogens with zero attached hydrogens (tertiary/aromatic N) is 2. The fraction of sp³-hybridized carbons (Fsp3) is 0.609. The van der Waals surface area contributed by atoms with E-state index in [4.69, 9.17) is 14.6 Å². The Morgan fingerprint density at radius 1 is 1.26 bits per heavy atom. The maximum absolute atomic E-state index is 12.8. The molecule has 3 atom stereocenters. The van der Waals surface area contributed by atoms with Gasteiger partial charge in [0.25, 0.3) is 0 Å². The molecule has 0 saturated carbocycles. The van der Waals surface area contributed by atoms with Gasteiger partial charge < -0.3 is 19.5 Å². The first-order valence-electron chi connectivity index (χ1n) is 10.8. The summed E-state index contributed by atoms with van der Waals surface area (Å²) in [7, 11) is 0. The Morgan fingerprint density at radius 2 is 2.03 bits per heavy atom. The fourth-order valence-electron chi connectivity index (χ4n) is 4.16. The Kier molecular flexibility index (Phi) is 7.06. The molecule has 0 bridgehead atoms. The molecule has 0 aliphatic carbocycles. The molecule has 2 heterocycles. The number of carbonyl (C=O) groups excluding carboxylic acids is 1. The number of carboxylic acids is 1. The van der Waals surface area contributed by atoms with Crippen LogP contribution in [0.2, 0.25) is 0 Å². The van der Waals surface area contributed by atoms with Crippen LogP contribution in [0.1, 0.15) is 52.0 Å². The molecule has 0 unspecified atom stereocenters. The van der Waals surface area contributed by atoms with Gasteiger partial charge in [-0.25, -0.2) is 4.79 Å². The van der Waals surface area contributed by atoms with Crippen LogP contribution in [0.15, 0.2) is 18.2 Å². The lowest BCUT2D eigenvalue weighted by Gasteiger charge is -2.25. The van der Waals surface area contributed by atoms with Crippen LogP contribution in [-0.4, -0.2) is 59.8 Å². The number of ether oxygens (including phenoxy) is 2. The fourth-order valence-corrected chi connectivity index (χ4v) is 4.16. The van der Waals surface area contributed by atoms with Crippen molar-refractivity contribution < 1.29 is 24.2 Å². The highest BCUT2D eigenvalue weighted by Gasteiger charge is 2.37. The van der Waals surface area contributed by atoms with Gasteiger partial charge in [-0.2, -0.15) is 5.26 Å². The molecular formula is C23H31N3O5. The minimum absolute atomic E-state index is 0.0156. The molecule has 1 aromatic carbocycles. The van der Waals surface area contributed by atoms with Gasteiger partial charge in [0.1, 0.15) is 24.1 Å². The van der Waals surface area contributed by atoms with E-state index in [1.807, 2.05) is 6.07 Å². The van der Waals surface area contributed by atoms with Crippen molar-refractivity contribution in [1.29, 1.82) is 5.26 Å². The number of nitrogens with one attached hydrogen (secondary N) is 1. The molecule has 3 rings (SSSR count). The SMILES string of the molecule is CC(C)(C)c1cc(OCC(=O)O)ccc1OC[C@H]1CC[C@@H](C(=O)N2CCC[C@H]2C#N)N1. The lowest BCUT2D eigenvalue weighted by Crippen LogP contribution is -2.47. The highest BCUT2D eigenvalue weighted by Crippen LogP contribution is 2.35. The predicted octanol–water partition coefficient (Wildman–Crippen LogP) is 2.46. The average molecular weight is 430 g/mol. The number of amides is 1. The summed E-state index contributed by atoms with van der Waals surface area (Å²) in [5.41, 5.74) is 0.705. The Balaban J connectivity index is 1.60. The summed E-state index contributed by atoms with van der Waals surface area (Å²) in [6.45, 7) is 6.85. The van der Waals surface area contributed by atoms with E-state index in [0.717, 1.165) is 37.0 Å². The van der Waals surface area contributed by atoms with E-state index in [1.165, 1.54) is 0 Å². The monoisotopic (exact) mass is 429 g/mol. The number of nitriles is 1. The molecule has 2 saturated heterocycles. The first-order chi connectivity index (χ1) is 14.7. The summed E-state index contributed by atoms with van der Waals surface area (Å²) in [4.78, 5) is 25.3. The lowest BCUT2D eigenvalue weighted by atomic mass is 9.86. The topological polar surface area (TPSA) is 112 Å². The van der Waals surface area contributed by atoms with Gasteiger partial charge in [-0.15, -0.1) is 0 Å². The van der Waals surface area contributed by atoms with Gasteiger partial charge in [-0.1, -0.05) is 20.8 Å². The van der Waals surface area contributed by atoms with Crippen LogP contribution in [0.25, 0.3) is 0 Å². The normalized spacial score (nSPS) is 23.4. The van der Waals surface area contributed by atoms with Crippen molar-refractivity contribution in [3.05, 3.63) is 23.8 Å². The van der Waals surface area contributed by atoms with Crippen molar-refractivity contribution in [2.24, 2.45) is 0 Å². The minimum atomic E-state index is -1.02. The second-order valence-electron chi connectivity index (χ2n) is 9.21. The number of aliphatic carboxylic acids is 1. The van der Waals surface area contributed by atoms with Crippen molar-refractivity contribution in [3.8, 4) is 17.6 Å². The standard InChI is InChI=1S/C23H31N3O5/c1-23(2,3)18-11-17(30-14-21(27)28)7-9-20(18)31-13-15-6-8-19(25-15)22(29)26-10-4-5-16(26)12-24/h7,9,11,15-16,19,25H,4-6,8,10,13-14H2,1-3H3,(H,27,28)/t15-,16+,19+/m1/s1. The molecule has 0 aromatic heterocycles. The van der Waals surface area contributed by atoms with E-state index < -0.39 is 12.6 Å². The molecule has 2 aliphatic heterocycles. The first-order valence-corrected chi connectivity index (χ1v) is 10.8. The van der Waals surface area contributed by atoms with E-state index in [2.05, 4.69) is 32.2 Å². The Labute approximate surface area is 183 Å². The van der Waals surface area contributed by atoms with E-state index in [-0.39, 0.29) is 29.4 Å². The molecule has 2 fully saturated rings. The zero-order chi connectivity index (χ0) is 22.6. The second-order valence-corrected chi connectivity index (χ2v) is 9.21. The third-order valence-corrected chi connectivity index (χ3v) is 5.79. The molecule has 1 aromatic rings. The Bertz CT molecular complexity index is 858. The lowest BCUT2D eigenvalue weighted by molar-refractivity contribution is -0.139. The van der Waals surface area contributed by atoms with Crippen LogP contribution in [0.3, 0.4) is 0 Å². The van der Waals surface area contributed by atoms with Crippen molar-refractivity contribution >= 4 is 11.9 Å². The largest absolute Gasteiger partial charge is 0.492 e. The van der Waals surface area contributed by atoms with Crippen LogP contribution in [0, 0.1) is 11.3 Å². The van der Waals surface area contributed by atoms with E-state index in [9.17, 15) is 14.9 Å². The molecule has 8 nitrogen and oxygen atoms in total. The summed E-state index contributed by atoms with van der Waals surface area (Å²) < 4.78 is 11.4. The number of hydrogen-bond acceptors (Lipinski definition) is 6. The summed E-state index contributed by atoms with van der Waals surface area (Å²) in [6, 6.07) is 7.03. The van der Waals surface area contributed by atoms with Crippen LogP contribution in [0.4, 0.5) is 0 Å². The van der Waals surface area contributed by atoms with Crippen molar-refractivity contribution in [3.63, 3.8) is 0 Å². The van der Waals surface area contributed by atoms with Gasteiger partial charge in [0.2, 0.25) is 5.91 Å². The minimum Gasteiger partial charge on any atom is -0.492 e. The van der Waals surface area contributed by atoms with Crippen molar-refractivity contribution in [2.45, 2.75) is 70.0 Å². The molecule has 2 aliphatic rings. The van der Waals surface area contributed by atoms with Crippen molar-refractivity contribution in [1.82, 2.24) is 10.2 Å². The molecule has 0 radical (unpaired) electrons. The summed E-state index contributed by atoms with van der Waals surface area (Å²) >= 11 is 0. The van der Waals surface area contributed by atoms with Crippen molar-refractivity contribution in [2.75, 3.05) is 19.8 Å². The summed E-state index contributed by atoms with van der Waals surface area (Å²) in [6.07, 6.45) is 3.19. The number of carboxylic acid groups (broad SMARTS) is 1. The Hall–Kier alpha value is -2.79. The van der Waals surface area contributed by atoms with E-state index in [0.29, 0.717) is 18.9 Å². The van der Waals surface area contributed by atoms with E-state index >= 15 is 0 Å². The second kappa shape index (κ2) is 9.56. The van der Waals surface area contributed by atoms with Gasteiger partial charge in [0, 0.05) is 18.2 Å². The maximum Gasteiger partial charge on any atom is 0.341 e. The highest BCUT2D eigenvalue weighted by molar-refractivity contribution is 5.83. The predicted molar refractivity (Wildman–Crippen MR) is 114 cm³/mol. The van der Waals surface area contributed by atoms with Gasteiger partial charge in [0.05, 0.1) is 12.1 Å². The van der Waals surface area contributed by atoms with Crippen LogP contribution in [-0.2, 0) is 15.0 Å². The summed E-state index contributed by atoms with van der Waals surface area (Å²) in [5, 5.41) is 21.4. The molecule has 31 heavy (non-hydrogen) atoms. The molecule has 8 heteroatoms. The van der Waals surface area contributed by atoms with Gasteiger partial charge in [-0.05, 0) is 49.3 Å². The molecule has 0 spiro atoms. The van der Waals surface area contributed by atoms with Gasteiger partial charge >= 0.3 is 5.97 Å². The smallest absolute Gasteiger partial charge is 0.341 e. The van der Waals surface area contributed by atoms with Gasteiger partial charge in [0.15, 0.2) is 6.61 Å². The quantitative estimate of drug-likeness (QED) is 0.685. The number of rotatable bonds is 7. The van der Waals surface area contributed by atoms with Crippen LogP contribution < -0.4 is 14.8 Å². The molecular weight excluding hydrogens is 398 g/mol. The third kappa shape index (κ3) is 5.67. The highest BCUT2D eigenvalue weighted by atomic mass is 16.5. The summed E-state index contributed by atoms with van der Waals surface area (Å²) in [5.74, 6) is 0.198. The van der Waals surface area contributed by atoms with Crippen LogP contribution >= 0.6 is 0 Å². The first kappa shape index (κ1) is 22.9. The average Bonchev–Trinajstić information content (AvgIpc) is 3.39. The Morgan fingerprint density at radius 3 is 2.71 bits per heavy atom. The van der Waals surface area contributed by atoms with Crippen LogP contribution in [0.5, 0.6) is 11.5 Å². The van der Waals surface area contributed by atoms with Gasteiger partial charge in [-0.3, -0.25) is 10.1 Å². The number of hydrogen-bond donors (Lipinski definition) is 2. The zero-order valence-corrected chi connectivity index (χ0v) is 18.4. The number of benzene rings is 1.